The molecule has 0 unspecified atom stereocenters. The van der Waals surface area contributed by atoms with E-state index in [-0.39, 0.29) is 16.4 Å². The second-order valence-corrected chi connectivity index (χ2v) is 7.01. The number of aromatic carboxylic acids is 1. The summed E-state index contributed by atoms with van der Waals surface area (Å²) in [7, 11) is -3.71. The number of sulfonamides is 1. The predicted octanol–water partition coefficient (Wildman–Crippen LogP) is 2.10. The third-order valence-electron chi connectivity index (χ3n) is 2.69. The molecule has 0 atom stereocenters. The number of hydrogen-bond donors (Lipinski definition) is 2. The third-order valence-corrected chi connectivity index (χ3v) is 4.96. The van der Waals surface area contributed by atoms with Gasteiger partial charge in [0.1, 0.15) is 10.7 Å². The standard InChI is InChI=1S/C12H19NO5S2/c1-9-11(8-10(18-9)12(14)15)20(16,17)13-6-4-3-5-7-19-2/h8,13H,3-7H2,1-2H3,(H,14,15). The van der Waals surface area contributed by atoms with Gasteiger partial charge in [0, 0.05) is 12.6 Å². The van der Waals surface area contributed by atoms with Crippen LogP contribution in [0.3, 0.4) is 0 Å². The van der Waals surface area contributed by atoms with Gasteiger partial charge in [0.25, 0.3) is 0 Å². The number of thioether (sulfide) groups is 1. The van der Waals surface area contributed by atoms with Gasteiger partial charge in [0.2, 0.25) is 15.8 Å². The summed E-state index contributed by atoms with van der Waals surface area (Å²) in [5.41, 5.74) is 0. The van der Waals surface area contributed by atoms with Crippen molar-refractivity contribution in [2.45, 2.75) is 31.1 Å². The van der Waals surface area contributed by atoms with Crippen molar-refractivity contribution < 1.29 is 22.7 Å². The minimum atomic E-state index is -3.71. The van der Waals surface area contributed by atoms with Crippen molar-refractivity contribution >= 4 is 27.8 Å². The largest absolute Gasteiger partial charge is 0.475 e. The van der Waals surface area contributed by atoms with Gasteiger partial charge in [0.05, 0.1) is 0 Å². The van der Waals surface area contributed by atoms with E-state index >= 15 is 0 Å². The molecule has 8 heteroatoms. The van der Waals surface area contributed by atoms with Crippen LogP contribution < -0.4 is 4.72 Å². The summed E-state index contributed by atoms with van der Waals surface area (Å²) >= 11 is 1.76. The first-order valence-electron chi connectivity index (χ1n) is 6.21. The lowest BCUT2D eigenvalue weighted by molar-refractivity contribution is 0.0661. The summed E-state index contributed by atoms with van der Waals surface area (Å²) in [6, 6.07) is 1.04. The molecule has 0 saturated heterocycles. The van der Waals surface area contributed by atoms with E-state index in [0.29, 0.717) is 6.54 Å². The van der Waals surface area contributed by atoms with Crippen LogP contribution in [-0.4, -0.2) is 38.0 Å². The molecule has 1 heterocycles. The monoisotopic (exact) mass is 321 g/mol. The summed E-state index contributed by atoms with van der Waals surface area (Å²) < 4.78 is 31.4. The second kappa shape index (κ2) is 7.70. The lowest BCUT2D eigenvalue weighted by atomic mass is 10.2. The van der Waals surface area contributed by atoms with Crippen molar-refractivity contribution in [3.8, 4) is 0 Å². The fraction of sp³-hybridized carbons (Fsp3) is 0.583. The Bertz CT molecular complexity index is 550. The third kappa shape index (κ3) is 4.84. The van der Waals surface area contributed by atoms with Gasteiger partial charge in [-0.3, -0.25) is 0 Å². The minimum Gasteiger partial charge on any atom is -0.475 e. The smallest absolute Gasteiger partial charge is 0.371 e. The van der Waals surface area contributed by atoms with Crippen molar-refractivity contribution in [1.29, 1.82) is 0 Å². The Morgan fingerprint density at radius 2 is 2.10 bits per heavy atom. The number of furan rings is 1. The van der Waals surface area contributed by atoms with E-state index in [1.165, 1.54) is 6.92 Å². The quantitative estimate of drug-likeness (QED) is 0.676. The molecular weight excluding hydrogens is 302 g/mol. The number of aryl methyl sites for hydroxylation is 1. The SMILES string of the molecule is CSCCCCCNS(=O)(=O)c1cc(C(=O)O)oc1C. The highest BCUT2D eigenvalue weighted by Crippen LogP contribution is 2.19. The van der Waals surface area contributed by atoms with E-state index in [0.717, 1.165) is 31.1 Å². The number of carboxylic acids is 1. The Labute approximate surface area is 123 Å². The van der Waals surface area contributed by atoms with Crippen molar-refractivity contribution in [3.63, 3.8) is 0 Å². The molecule has 2 N–H and O–H groups in total. The van der Waals surface area contributed by atoms with Gasteiger partial charge in [-0.25, -0.2) is 17.9 Å². The van der Waals surface area contributed by atoms with Crippen LogP contribution in [0.1, 0.15) is 35.6 Å². The van der Waals surface area contributed by atoms with Crippen molar-refractivity contribution in [2.24, 2.45) is 0 Å². The summed E-state index contributed by atoms with van der Waals surface area (Å²) in [6.07, 6.45) is 4.79. The molecule has 0 amide bonds. The molecule has 0 aromatic carbocycles. The fourth-order valence-electron chi connectivity index (χ4n) is 1.67. The highest BCUT2D eigenvalue weighted by Gasteiger charge is 2.23. The summed E-state index contributed by atoms with van der Waals surface area (Å²) in [4.78, 5) is 10.6. The molecule has 1 rings (SSSR count). The average Bonchev–Trinajstić information content (AvgIpc) is 2.77. The number of nitrogens with one attached hydrogen (secondary N) is 1. The van der Waals surface area contributed by atoms with E-state index < -0.39 is 16.0 Å². The maximum Gasteiger partial charge on any atom is 0.371 e. The molecule has 1 aromatic heterocycles. The van der Waals surface area contributed by atoms with E-state index in [1.54, 1.807) is 11.8 Å². The van der Waals surface area contributed by atoms with Gasteiger partial charge in [-0.2, -0.15) is 11.8 Å². The predicted molar refractivity (Wildman–Crippen MR) is 77.8 cm³/mol. The van der Waals surface area contributed by atoms with Gasteiger partial charge in [-0.1, -0.05) is 6.42 Å². The van der Waals surface area contributed by atoms with E-state index in [4.69, 9.17) is 9.52 Å². The second-order valence-electron chi connectivity index (χ2n) is 4.29. The highest BCUT2D eigenvalue weighted by atomic mass is 32.2. The van der Waals surface area contributed by atoms with Gasteiger partial charge >= 0.3 is 5.97 Å². The maximum atomic E-state index is 12.0. The van der Waals surface area contributed by atoms with Crippen LogP contribution in [0.5, 0.6) is 0 Å². The molecule has 114 valence electrons. The van der Waals surface area contributed by atoms with Crippen LogP contribution in [0.25, 0.3) is 0 Å². The van der Waals surface area contributed by atoms with E-state index in [2.05, 4.69) is 4.72 Å². The van der Waals surface area contributed by atoms with Crippen LogP contribution in [0.4, 0.5) is 0 Å². The molecule has 0 fully saturated rings. The highest BCUT2D eigenvalue weighted by molar-refractivity contribution is 7.98. The topological polar surface area (TPSA) is 96.6 Å². The average molecular weight is 321 g/mol. The zero-order valence-corrected chi connectivity index (χ0v) is 13.1. The Kier molecular flexibility index (Phi) is 6.57. The number of carboxylic acid groups (broad SMARTS) is 1. The first-order chi connectivity index (χ1) is 9.38. The van der Waals surface area contributed by atoms with Crippen molar-refractivity contribution in [1.82, 2.24) is 4.72 Å². The van der Waals surface area contributed by atoms with E-state index in [9.17, 15) is 13.2 Å². The van der Waals surface area contributed by atoms with Crippen LogP contribution in [-0.2, 0) is 10.0 Å². The molecule has 6 nitrogen and oxygen atoms in total. The lowest BCUT2D eigenvalue weighted by Gasteiger charge is -2.05. The van der Waals surface area contributed by atoms with E-state index in [1.807, 2.05) is 6.26 Å². The van der Waals surface area contributed by atoms with Crippen molar-refractivity contribution in [3.05, 3.63) is 17.6 Å². The molecule has 0 aliphatic carbocycles. The first kappa shape index (κ1) is 17.1. The van der Waals surface area contributed by atoms with Crippen LogP contribution in [0.2, 0.25) is 0 Å². The number of unbranched alkanes of at least 4 members (excludes halogenated alkanes) is 2. The Morgan fingerprint density at radius 3 is 2.65 bits per heavy atom. The summed E-state index contributed by atoms with van der Waals surface area (Å²) in [6.45, 7) is 1.77. The Hall–Kier alpha value is -0.990. The number of carbonyl (C=O) groups is 1. The summed E-state index contributed by atoms with van der Waals surface area (Å²) in [5.74, 6) is -0.512. The molecule has 0 bridgehead atoms. The van der Waals surface area contributed by atoms with Gasteiger partial charge in [0.15, 0.2) is 0 Å². The molecule has 0 saturated carbocycles. The van der Waals surface area contributed by atoms with Crippen LogP contribution in [0.15, 0.2) is 15.4 Å². The maximum absolute atomic E-state index is 12.0. The molecule has 0 aliphatic heterocycles. The molecule has 0 spiro atoms. The van der Waals surface area contributed by atoms with Gasteiger partial charge in [-0.15, -0.1) is 0 Å². The zero-order valence-electron chi connectivity index (χ0n) is 11.5. The molecule has 20 heavy (non-hydrogen) atoms. The molecule has 0 radical (unpaired) electrons. The van der Waals surface area contributed by atoms with Crippen LogP contribution >= 0.6 is 11.8 Å². The first-order valence-corrected chi connectivity index (χ1v) is 9.08. The minimum absolute atomic E-state index is 0.0808. The molecular formula is C12H19NO5S2. The lowest BCUT2D eigenvalue weighted by Crippen LogP contribution is -2.25. The molecule has 0 aliphatic rings. The van der Waals surface area contributed by atoms with Crippen molar-refractivity contribution in [2.75, 3.05) is 18.6 Å². The van der Waals surface area contributed by atoms with Crippen LogP contribution in [0, 0.1) is 6.92 Å². The summed E-state index contributed by atoms with van der Waals surface area (Å²) in [5, 5.41) is 8.77. The van der Waals surface area contributed by atoms with Gasteiger partial charge in [-0.05, 0) is 31.8 Å². The molecule has 1 aromatic rings. The Balaban J connectivity index is 2.58. The Morgan fingerprint density at radius 1 is 1.40 bits per heavy atom. The van der Waals surface area contributed by atoms with Gasteiger partial charge < -0.3 is 9.52 Å². The number of rotatable bonds is 9. The number of hydrogen-bond acceptors (Lipinski definition) is 5. The fourth-order valence-corrected chi connectivity index (χ4v) is 3.41. The zero-order chi connectivity index (χ0) is 15.2. The normalized spacial score (nSPS) is 11.7.